The molecule has 2 fully saturated rings. The van der Waals surface area contributed by atoms with Crippen LogP contribution < -0.4 is 0 Å². The first kappa shape index (κ1) is 9.51. The van der Waals surface area contributed by atoms with E-state index in [-0.39, 0.29) is 5.60 Å². The molecule has 0 aromatic carbocycles. The quantitative estimate of drug-likeness (QED) is 0.660. The Bertz CT molecular complexity index is 166. The van der Waals surface area contributed by atoms with Crippen LogP contribution in [0.25, 0.3) is 0 Å². The Morgan fingerprint density at radius 2 is 1.46 bits per heavy atom. The number of aliphatic hydroxyl groups is 1. The topological polar surface area (TPSA) is 20.2 Å². The van der Waals surface area contributed by atoms with Crippen LogP contribution in [-0.4, -0.2) is 10.7 Å². The number of hydrogen-bond acceptors (Lipinski definition) is 1. The summed E-state index contributed by atoms with van der Waals surface area (Å²) in [5.41, 5.74) is -0.288. The van der Waals surface area contributed by atoms with Gasteiger partial charge in [-0.05, 0) is 25.2 Å². The van der Waals surface area contributed by atoms with Crippen molar-refractivity contribution >= 4 is 0 Å². The molecule has 2 unspecified atom stereocenters. The second kappa shape index (κ2) is 3.61. The lowest BCUT2D eigenvalue weighted by atomic mass is 9.87. The van der Waals surface area contributed by atoms with Gasteiger partial charge in [-0.2, -0.15) is 0 Å². The molecule has 0 heterocycles. The first-order chi connectivity index (χ1) is 6.20. The van der Waals surface area contributed by atoms with Crippen molar-refractivity contribution in [2.45, 2.75) is 63.9 Å². The van der Waals surface area contributed by atoms with Crippen molar-refractivity contribution in [3.8, 4) is 0 Å². The fraction of sp³-hybridized carbons (Fsp3) is 1.00. The molecular weight excluding hydrogens is 160 g/mol. The fourth-order valence-corrected chi connectivity index (χ4v) is 2.95. The Hall–Kier alpha value is -0.0400. The summed E-state index contributed by atoms with van der Waals surface area (Å²) in [7, 11) is 0. The lowest BCUT2D eigenvalue weighted by molar-refractivity contribution is 0.130. The fourth-order valence-electron chi connectivity index (χ4n) is 2.95. The summed E-state index contributed by atoms with van der Waals surface area (Å²) in [6.07, 6.45) is 10.9. The van der Waals surface area contributed by atoms with Gasteiger partial charge < -0.3 is 5.11 Å². The van der Waals surface area contributed by atoms with Crippen LogP contribution in [0.1, 0.15) is 58.3 Å². The van der Waals surface area contributed by atoms with Crippen LogP contribution in [-0.2, 0) is 0 Å². The molecule has 0 radical (unpaired) electrons. The predicted molar refractivity (Wildman–Crippen MR) is 54.5 cm³/mol. The third kappa shape index (κ3) is 2.25. The Balaban J connectivity index is 1.83. The molecule has 2 aliphatic rings. The van der Waals surface area contributed by atoms with E-state index in [0.717, 1.165) is 12.3 Å². The minimum Gasteiger partial charge on any atom is -0.390 e. The van der Waals surface area contributed by atoms with E-state index in [9.17, 15) is 5.11 Å². The highest BCUT2D eigenvalue weighted by atomic mass is 16.3. The average molecular weight is 182 g/mol. The highest BCUT2D eigenvalue weighted by Crippen LogP contribution is 2.51. The smallest absolute Gasteiger partial charge is 0.0655 e. The molecule has 0 aromatic rings. The van der Waals surface area contributed by atoms with Crippen LogP contribution >= 0.6 is 0 Å². The van der Waals surface area contributed by atoms with Crippen molar-refractivity contribution in [3.63, 3.8) is 0 Å². The molecule has 1 N–H and O–H groups in total. The maximum Gasteiger partial charge on any atom is 0.0655 e. The average Bonchev–Trinajstić information content (AvgIpc) is 2.58. The Morgan fingerprint density at radius 1 is 1.00 bits per heavy atom. The van der Waals surface area contributed by atoms with Crippen molar-refractivity contribution in [1.29, 1.82) is 0 Å². The molecule has 1 heteroatoms. The zero-order valence-electron chi connectivity index (χ0n) is 8.76. The van der Waals surface area contributed by atoms with Crippen molar-refractivity contribution in [2.75, 3.05) is 0 Å². The third-order valence-electron chi connectivity index (χ3n) is 3.99. The van der Waals surface area contributed by atoms with Gasteiger partial charge in [-0.1, -0.05) is 44.9 Å². The van der Waals surface area contributed by atoms with Gasteiger partial charge in [0.2, 0.25) is 0 Å². The summed E-state index contributed by atoms with van der Waals surface area (Å²) in [6, 6.07) is 0. The van der Waals surface area contributed by atoms with Gasteiger partial charge in [0.1, 0.15) is 0 Å². The monoisotopic (exact) mass is 182 g/mol. The van der Waals surface area contributed by atoms with Gasteiger partial charge in [0.15, 0.2) is 0 Å². The molecule has 0 aromatic heterocycles. The summed E-state index contributed by atoms with van der Waals surface area (Å²) in [5.74, 6) is 1.49. The molecule has 76 valence electrons. The van der Waals surface area contributed by atoms with Gasteiger partial charge in [-0.3, -0.25) is 0 Å². The normalized spacial score (nSPS) is 42.5. The third-order valence-corrected chi connectivity index (χ3v) is 3.99. The van der Waals surface area contributed by atoms with Crippen LogP contribution in [0.3, 0.4) is 0 Å². The minimum absolute atomic E-state index is 0.288. The van der Waals surface area contributed by atoms with Crippen LogP contribution in [0.2, 0.25) is 0 Å². The lowest BCUT2D eigenvalue weighted by Gasteiger charge is -2.20. The van der Waals surface area contributed by atoms with Crippen LogP contribution in [0, 0.1) is 11.8 Å². The first-order valence-corrected chi connectivity index (χ1v) is 5.92. The van der Waals surface area contributed by atoms with E-state index < -0.39 is 0 Å². The summed E-state index contributed by atoms with van der Waals surface area (Å²) in [6.45, 7) is 2.01. The molecule has 0 aliphatic heterocycles. The van der Waals surface area contributed by atoms with Crippen LogP contribution in [0.4, 0.5) is 0 Å². The molecule has 1 nitrogen and oxygen atoms in total. The number of hydrogen-bond donors (Lipinski definition) is 1. The van der Waals surface area contributed by atoms with Gasteiger partial charge in [0.25, 0.3) is 0 Å². The molecule has 2 aliphatic carbocycles. The van der Waals surface area contributed by atoms with Crippen molar-refractivity contribution < 1.29 is 5.11 Å². The number of rotatable bonds is 1. The Kier molecular flexibility index (Phi) is 2.64. The van der Waals surface area contributed by atoms with E-state index in [1.807, 2.05) is 6.92 Å². The van der Waals surface area contributed by atoms with Crippen molar-refractivity contribution in [2.24, 2.45) is 11.8 Å². The summed E-state index contributed by atoms with van der Waals surface area (Å²) >= 11 is 0. The van der Waals surface area contributed by atoms with Gasteiger partial charge in [-0.15, -0.1) is 0 Å². The lowest BCUT2D eigenvalue weighted by Crippen LogP contribution is -2.14. The standard InChI is InChI=1S/C12H22O/c1-12(13)9-11(12)10-7-5-3-2-4-6-8-10/h10-11,13H,2-9H2,1H3. The molecule has 0 bridgehead atoms. The minimum atomic E-state index is -0.288. The van der Waals surface area contributed by atoms with Gasteiger partial charge in [-0.25, -0.2) is 0 Å². The zero-order valence-corrected chi connectivity index (χ0v) is 8.76. The molecule has 0 amide bonds. The summed E-state index contributed by atoms with van der Waals surface area (Å²) in [4.78, 5) is 0. The highest BCUT2D eigenvalue weighted by Gasteiger charge is 2.51. The Labute approximate surface area is 81.5 Å². The second-order valence-electron chi connectivity index (χ2n) is 5.27. The zero-order chi connectivity index (χ0) is 9.31. The molecule has 2 atom stereocenters. The van der Waals surface area contributed by atoms with E-state index >= 15 is 0 Å². The van der Waals surface area contributed by atoms with E-state index in [1.54, 1.807) is 0 Å². The predicted octanol–water partition coefficient (Wildman–Crippen LogP) is 3.12. The Morgan fingerprint density at radius 3 is 1.92 bits per heavy atom. The maximum absolute atomic E-state index is 9.81. The molecule has 2 rings (SSSR count). The summed E-state index contributed by atoms with van der Waals surface area (Å²) < 4.78 is 0. The largest absolute Gasteiger partial charge is 0.390 e. The molecule has 13 heavy (non-hydrogen) atoms. The molecular formula is C12H22O. The van der Waals surface area contributed by atoms with Crippen molar-refractivity contribution in [1.82, 2.24) is 0 Å². The van der Waals surface area contributed by atoms with E-state index in [2.05, 4.69) is 0 Å². The van der Waals surface area contributed by atoms with Gasteiger partial charge in [0.05, 0.1) is 5.60 Å². The van der Waals surface area contributed by atoms with Crippen LogP contribution in [0.5, 0.6) is 0 Å². The second-order valence-corrected chi connectivity index (χ2v) is 5.27. The maximum atomic E-state index is 9.81. The first-order valence-electron chi connectivity index (χ1n) is 5.92. The van der Waals surface area contributed by atoms with Crippen LogP contribution in [0.15, 0.2) is 0 Å². The van der Waals surface area contributed by atoms with E-state index in [4.69, 9.17) is 0 Å². The summed E-state index contributed by atoms with van der Waals surface area (Å²) in [5, 5.41) is 9.81. The SMILES string of the molecule is CC1(O)CC1C1CCCCCCC1. The van der Waals surface area contributed by atoms with Gasteiger partial charge >= 0.3 is 0 Å². The molecule has 0 saturated heterocycles. The van der Waals surface area contributed by atoms with E-state index in [0.29, 0.717) is 5.92 Å². The highest BCUT2D eigenvalue weighted by molar-refractivity contribution is 5.02. The van der Waals surface area contributed by atoms with E-state index in [1.165, 1.54) is 44.9 Å². The van der Waals surface area contributed by atoms with Gasteiger partial charge in [0, 0.05) is 0 Å². The molecule has 0 spiro atoms. The van der Waals surface area contributed by atoms with Crippen molar-refractivity contribution in [3.05, 3.63) is 0 Å². The molecule has 2 saturated carbocycles.